The second kappa shape index (κ2) is 2.70. The lowest BCUT2D eigenvalue weighted by molar-refractivity contribution is 0.944. The third-order valence-electron chi connectivity index (χ3n) is 1.64. The molecule has 0 saturated carbocycles. The Bertz CT molecular complexity index is 255. The maximum Gasteiger partial charge on any atom is 0.0817 e. The summed E-state index contributed by atoms with van der Waals surface area (Å²) in [6.07, 6.45) is 0. The molecule has 0 bridgehead atoms. The lowest BCUT2D eigenvalue weighted by atomic mass is 10.3. The van der Waals surface area contributed by atoms with Gasteiger partial charge >= 0.3 is 0 Å². The van der Waals surface area contributed by atoms with Crippen LogP contribution in [0.3, 0.4) is 0 Å². The van der Waals surface area contributed by atoms with E-state index >= 15 is 0 Å². The largest absolute Gasteiger partial charge is 0.245 e. The second-order valence-corrected chi connectivity index (χ2v) is 2.41. The van der Waals surface area contributed by atoms with Crippen molar-refractivity contribution < 1.29 is 0 Å². The summed E-state index contributed by atoms with van der Waals surface area (Å²) in [6, 6.07) is 10.1. The topological polar surface area (TPSA) is 28.0 Å². The summed E-state index contributed by atoms with van der Waals surface area (Å²) in [5, 5.41) is 9.76. The predicted molar refractivity (Wildman–Crippen MR) is 43.5 cm³/mol. The van der Waals surface area contributed by atoms with Crippen LogP contribution in [0.1, 0.15) is 0 Å². The van der Waals surface area contributed by atoms with Crippen LogP contribution in [-0.2, 0) is 0 Å². The van der Waals surface area contributed by atoms with E-state index in [1.54, 1.807) is 0 Å². The summed E-state index contributed by atoms with van der Waals surface area (Å²) in [5.41, 5.74) is 1.12. The van der Waals surface area contributed by atoms with Crippen LogP contribution < -0.4 is 5.01 Å². The standard InChI is InChI=1S/C8H9N3/c1-2-4-8(5-3-1)11-7-6-9-10-11/h1-5H,6-7H2. The van der Waals surface area contributed by atoms with E-state index in [1.165, 1.54) is 0 Å². The van der Waals surface area contributed by atoms with Gasteiger partial charge in [0, 0.05) is 0 Å². The molecule has 11 heavy (non-hydrogen) atoms. The molecule has 1 aromatic rings. The highest BCUT2D eigenvalue weighted by molar-refractivity contribution is 5.45. The molecule has 0 aliphatic carbocycles. The van der Waals surface area contributed by atoms with Gasteiger partial charge in [0.2, 0.25) is 0 Å². The number of benzene rings is 1. The van der Waals surface area contributed by atoms with Crippen molar-refractivity contribution in [3.8, 4) is 0 Å². The molecule has 0 N–H and O–H groups in total. The van der Waals surface area contributed by atoms with Crippen molar-refractivity contribution in [3.63, 3.8) is 0 Å². The molecular formula is C8H9N3. The van der Waals surface area contributed by atoms with Gasteiger partial charge in [0.15, 0.2) is 0 Å². The number of hydrogen-bond donors (Lipinski definition) is 0. The number of rotatable bonds is 1. The fraction of sp³-hybridized carbons (Fsp3) is 0.250. The van der Waals surface area contributed by atoms with Gasteiger partial charge in [0.1, 0.15) is 0 Å². The van der Waals surface area contributed by atoms with Crippen LogP contribution in [0.5, 0.6) is 0 Å². The zero-order valence-electron chi connectivity index (χ0n) is 6.14. The van der Waals surface area contributed by atoms with E-state index in [0.29, 0.717) is 0 Å². The Hall–Kier alpha value is -1.38. The van der Waals surface area contributed by atoms with Gasteiger partial charge in [0.05, 0.1) is 18.8 Å². The zero-order chi connectivity index (χ0) is 7.52. The van der Waals surface area contributed by atoms with Gasteiger partial charge in [-0.15, -0.1) is 0 Å². The minimum absolute atomic E-state index is 0.814. The SMILES string of the molecule is c1ccc(N2CCN=N2)cc1. The first-order valence-electron chi connectivity index (χ1n) is 3.67. The van der Waals surface area contributed by atoms with Crippen LogP contribution >= 0.6 is 0 Å². The van der Waals surface area contributed by atoms with Crippen molar-refractivity contribution in [1.29, 1.82) is 0 Å². The van der Waals surface area contributed by atoms with Crippen LogP contribution in [0, 0.1) is 0 Å². The smallest absolute Gasteiger partial charge is 0.0817 e. The predicted octanol–water partition coefficient (Wildman–Crippen LogP) is 1.87. The van der Waals surface area contributed by atoms with E-state index in [4.69, 9.17) is 0 Å². The molecule has 0 saturated heterocycles. The maximum atomic E-state index is 3.96. The molecule has 0 fully saturated rings. The second-order valence-electron chi connectivity index (χ2n) is 2.41. The van der Waals surface area contributed by atoms with Crippen molar-refractivity contribution in [2.45, 2.75) is 0 Å². The highest BCUT2D eigenvalue weighted by Gasteiger charge is 2.07. The molecule has 0 aromatic heterocycles. The fourth-order valence-corrected chi connectivity index (χ4v) is 1.09. The molecule has 0 amide bonds. The Kier molecular flexibility index (Phi) is 1.55. The van der Waals surface area contributed by atoms with Gasteiger partial charge in [-0.2, -0.15) is 5.11 Å². The fourth-order valence-electron chi connectivity index (χ4n) is 1.09. The molecule has 0 spiro atoms. The van der Waals surface area contributed by atoms with Crippen molar-refractivity contribution in [1.82, 2.24) is 0 Å². The average molecular weight is 147 g/mol. The normalized spacial score (nSPS) is 15.8. The maximum absolute atomic E-state index is 3.96. The van der Waals surface area contributed by atoms with Crippen molar-refractivity contribution in [2.24, 2.45) is 10.3 Å². The lowest BCUT2D eigenvalue weighted by Gasteiger charge is -2.09. The van der Waals surface area contributed by atoms with E-state index in [1.807, 2.05) is 35.3 Å². The Morgan fingerprint density at radius 3 is 2.64 bits per heavy atom. The van der Waals surface area contributed by atoms with Crippen LogP contribution in [-0.4, -0.2) is 13.1 Å². The first kappa shape index (κ1) is 6.34. The van der Waals surface area contributed by atoms with E-state index in [0.717, 1.165) is 18.8 Å². The molecule has 2 rings (SSSR count). The Morgan fingerprint density at radius 1 is 1.18 bits per heavy atom. The Labute approximate surface area is 65.3 Å². The van der Waals surface area contributed by atoms with Crippen LogP contribution in [0.2, 0.25) is 0 Å². The van der Waals surface area contributed by atoms with Crippen LogP contribution in [0.25, 0.3) is 0 Å². The summed E-state index contributed by atoms with van der Waals surface area (Å²) in [5.74, 6) is 0. The van der Waals surface area contributed by atoms with Gasteiger partial charge < -0.3 is 0 Å². The quantitative estimate of drug-likeness (QED) is 0.596. The summed E-state index contributed by atoms with van der Waals surface area (Å²) in [4.78, 5) is 0. The minimum atomic E-state index is 0.814. The molecule has 1 aliphatic rings. The Balaban J connectivity index is 2.23. The summed E-state index contributed by atoms with van der Waals surface area (Å²) >= 11 is 0. The minimum Gasteiger partial charge on any atom is -0.245 e. The third-order valence-corrected chi connectivity index (χ3v) is 1.64. The highest BCUT2D eigenvalue weighted by Crippen LogP contribution is 2.15. The zero-order valence-corrected chi connectivity index (χ0v) is 6.14. The van der Waals surface area contributed by atoms with E-state index in [9.17, 15) is 0 Å². The lowest BCUT2D eigenvalue weighted by Crippen LogP contribution is -2.12. The van der Waals surface area contributed by atoms with Crippen molar-refractivity contribution in [3.05, 3.63) is 30.3 Å². The van der Waals surface area contributed by atoms with Gasteiger partial charge in [-0.25, -0.2) is 5.01 Å². The summed E-state index contributed by atoms with van der Waals surface area (Å²) in [6.45, 7) is 1.72. The van der Waals surface area contributed by atoms with Crippen molar-refractivity contribution in [2.75, 3.05) is 18.1 Å². The van der Waals surface area contributed by atoms with E-state index in [2.05, 4.69) is 10.3 Å². The number of hydrogen-bond acceptors (Lipinski definition) is 3. The van der Waals surface area contributed by atoms with E-state index < -0.39 is 0 Å². The molecule has 3 nitrogen and oxygen atoms in total. The van der Waals surface area contributed by atoms with Gasteiger partial charge in [-0.05, 0) is 12.1 Å². The van der Waals surface area contributed by atoms with Crippen LogP contribution in [0.4, 0.5) is 5.69 Å². The molecule has 0 atom stereocenters. The average Bonchev–Trinajstić information content (AvgIpc) is 2.58. The molecule has 3 heteroatoms. The first-order valence-corrected chi connectivity index (χ1v) is 3.67. The molecule has 1 aliphatic heterocycles. The van der Waals surface area contributed by atoms with Crippen LogP contribution in [0.15, 0.2) is 40.7 Å². The van der Waals surface area contributed by atoms with Gasteiger partial charge in [0.25, 0.3) is 0 Å². The molecule has 0 unspecified atom stereocenters. The van der Waals surface area contributed by atoms with Crippen molar-refractivity contribution >= 4 is 5.69 Å². The third kappa shape index (κ3) is 1.22. The van der Waals surface area contributed by atoms with Gasteiger partial charge in [-0.3, -0.25) is 0 Å². The molecule has 1 aromatic carbocycles. The summed E-state index contributed by atoms with van der Waals surface area (Å²) in [7, 11) is 0. The summed E-state index contributed by atoms with van der Waals surface area (Å²) < 4.78 is 0. The number of anilines is 1. The molecule has 1 heterocycles. The Morgan fingerprint density at radius 2 is 2.00 bits per heavy atom. The number of para-hydroxylation sites is 1. The molecule has 56 valence electrons. The first-order chi connectivity index (χ1) is 5.47. The van der Waals surface area contributed by atoms with E-state index in [-0.39, 0.29) is 0 Å². The molecular weight excluding hydrogens is 138 g/mol. The highest BCUT2D eigenvalue weighted by atomic mass is 15.6. The number of nitrogens with zero attached hydrogens (tertiary/aromatic N) is 3. The monoisotopic (exact) mass is 147 g/mol. The van der Waals surface area contributed by atoms with Gasteiger partial charge in [-0.1, -0.05) is 23.4 Å². The molecule has 0 radical (unpaired) electrons.